The fourth-order valence-corrected chi connectivity index (χ4v) is 3.74. The van der Waals surface area contributed by atoms with Gasteiger partial charge >= 0.3 is 29.6 Å². The van der Waals surface area contributed by atoms with Crippen molar-refractivity contribution in [3.63, 3.8) is 0 Å². The molecule has 28 heavy (non-hydrogen) atoms. The summed E-state index contributed by atoms with van der Waals surface area (Å²) < 4.78 is 37.8. The maximum Gasteiger partial charge on any atom is 1.00 e. The van der Waals surface area contributed by atoms with E-state index in [9.17, 15) is 13.0 Å². The normalized spacial score (nSPS) is 11.2. The van der Waals surface area contributed by atoms with E-state index in [1.165, 1.54) is 62.5 Å². The molecule has 0 radical (unpaired) electrons. The molecule has 1 rings (SSSR count). The average Bonchev–Trinajstić information content (AvgIpc) is 2.61. The van der Waals surface area contributed by atoms with Gasteiger partial charge in [-0.2, -0.15) is 0 Å². The molecule has 0 fully saturated rings. The second kappa shape index (κ2) is 16.7. The van der Waals surface area contributed by atoms with Crippen molar-refractivity contribution in [2.24, 2.45) is 0 Å². The maximum atomic E-state index is 10.7. The molecule has 1 aromatic carbocycles. The first-order valence-corrected chi connectivity index (χ1v) is 12.2. The topological polar surface area (TPSA) is 66.4 Å². The molecule has 0 aliphatic carbocycles. The molecule has 0 aliphatic rings. The Balaban J connectivity index is 0.00000729. The molecule has 0 aromatic heterocycles. The minimum absolute atomic E-state index is 0. The van der Waals surface area contributed by atoms with Crippen LogP contribution in [0.1, 0.15) is 89.2 Å². The Morgan fingerprint density at radius 1 is 0.786 bits per heavy atom. The summed E-state index contributed by atoms with van der Waals surface area (Å²) in [5.41, 5.74) is 2.66. The molecule has 0 aliphatic heterocycles. The second-order valence-electron chi connectivity index (χ2n) is 7.42. The van der Waals surface area contributed by atoms with Gasteiger partial charge in [0.1, 0.15) is 5.75 Å². The van der Waals surface area contributed by atoms with Crippen molar-refractivity contribution in [3.05, 3.63) is 29.3 Å². The zero-order chi connectivity index (χ0) is 20.0. The SMILES string of the molecule is CCCCCCc1cc(CCCCCC)cc(OCCCCS(=O)(=O)[O-])c1.[Na+]. The van der Waals surface area contributed by atoms with Crippen LogP contribution in [0.3, 0.4) is 0 Å². The summed E-state index contributed by atoms with van der Waals surface area (Å²) in [6, 6.07) is 6.55. The molecule has 0 bridgehead atoms. The van der Waals surface area contributed by atoms with Gasteiger partial charge in [0, 0.05) is 5.75 Å². The molecular formula is C22H37NaO4S. The van der Waals surface area contributed by atoms with Gasteiger partial charge in [-0.05, 0) is 61.8 Å². The molecular weight excluding hydrogens is 383 g/mol. The van der Waals surface area contributed by atoms with E-state index in [0.29, 0.717) is 19.4 Å². The standard InChI is InChI=1S/C22H38O4S.Na/c1-3-5-7-9-13-20-17-21(14-10-8-6-4-2)19-22(18-20)26-15-11-12-16-27(23,24)25;/h17-19H,3-16H2,1-2H3,(H,23,24,25);/q;+1/p-1. The number of rotatable bonds is 16. The molecule has 4 nitrogen and oxygen atoms in total. The Morgan fingerprint density at radius 2 is 1.32 bits per heavy atom. The summed E-state index contributed by atoms with van der Waals surface area (Å²) >= 11 is 0. The van der Waals surface area contributed by atoms with Crippen molar-refractivity contribution < 1.29 is 47.3 Å². The van der Waals surface area contributed by atoms with Gasteiger partial charge in [-0.3, -0.25) is 0 Å². The van der Waals surface area contributed by atoms with E-state index in [1.54, 1.807) is 0 Å². The molecule has 0 saturated carbocycles. The van der Waals surface area contributed by atoms with Gasteiger partial charge in [-0.25, -0.2) is 8.42 Å². The molecule has 0 heterocycles. The summed E-state index contributed by atoms with van der Waals surface area (Å²) in [4.78, 5) is 0. The van der Waals surface area contributed by atoms with E-state index in [-0.39, 0.29) is 35.3 Å². The average molecular weight is 421 g/mol. The van der Waals surface area contributed by atoms with Crippen molar-refractivity contribution in [2.45, 2.75) is 90.9 Å². The van der Waals surface area contributed by atoms with Crippen LogP contribution in [-0.4, -0.2) is 25.3 Å². The molecule has 0 spiro atoms. The Kier molecular flexibility index (Phi) is 16.7. The summed E-state index contributed by atoms with van der Waals surface area (Å²) in [5.74, 6) is 0.565. The van der Waals surface area contributed by atoms with Crippen molar-refractivity contribution in [1.82, 2.24) is 0 Å². The molecule has 6 heteroatoms. The number of hydrogen-bond acceptors (Lipinski definition) is 4. The second-order valence-corrected chi connectivity index (χ2v) is 8.95. The van der Waals surface area contributed by atoms with Crippen LogP contribution in [0, 0.1) is 0 Å². The van der Waals surface area contributed by atoms with Gasteiger partial charge in [0.2, 0.25) is 0 Å². The van der Waals surface area contributed by atoms with Gasteiger partial charge in [-0.15, -0.1) is 0 Å². The quantitative estimate of drug-likeness (QED) is 0.234. The van der Waals surface area contributed by atoms with E-state index in [0.717, 1.165) is 18.6 Å². The van der Waals surface area contributed by atoms with Crippen molar-refractivity contribution in [3.8, 4) is 5.75 Å². The maximum absolute atomic E-state index is 10.7. The fourth-order valence-electron chi connectivity index (χ4n) is 3.18. The Morgan fingerprint density at radius 3 is 1.79 bits per heavy atom. The van der Waals surface area contributed by atoms with Gasteiger partial charge < -0.3 is 9.29 Å². The zero-order valence-corrected chi connectivity index (χ0v) is 21.0. The number of unbranched alkanes of at least 4 members (excludes halogenated alkanes) is 7. The summed E-state index contributed by atoms with van der Waals surface area (Å²) in [6.07, 6.45) is 13.1. The Bertz CT molecular complexity index is 587. The van der Waals surface area contributed by atoms with Crippen LogP contribution >= 0.6 is 0 Å². The van der Waals surface area contributed by atoms with Crippen LogP contribution in [0.15, 0.2) is 18.2 Å². The molecule has 0 saturated heterocycles. The van der Waals surface area contributed by atoms with Crippen LogP contribution in [0.4, 0.5) is 0 Å². The fraction of sp³-hybridized carbons (Fsp3) is 0.727. The van der Waals surface area contributed by atoms with Crippen LogP contribution in [-0.2, 0) is 23.0 Å². The third-order valence-electron chi connectivity index (χ3n) is 4.72. The van der Waals surface area contributed by atoms with Crippen molar-refractivity contribution in [2.75, 3.05) is 12.4 Å². The first kappa shape index (κ1) is 27.9. The first-order chi connectivity index (χ1) is 12.9. The van der Waals surface area contributed by atoms with Crippen molar-refractivity contribution in [1.29, 1.82) is 0 Å². The number of ether oxygens (including phenoxy) is 1. The minimum Gasteiger partial charge on any atom is -0.748 e. The Labute approximate surface area is 194 Å². The van der Waals surface area contributed by atoms with Gasteiger partial charge in [0.25, 0.3) is 0 Å². The molecule has 0 unspecified atom stereocenters. The largest absolute Gasteiger partial charge is 1.00 e. The van der Waals surface area contributed by atoms with Crippen molar-refractivity contribution >= 4 is 10.1 Å². The zero-order valence-electron chi connectivity index (χ0n) is 18.2. The van der Waals surface area contributed by atoms with Gasteiger partial charge in [0.15, 0.2) is 0 Å². The Hall–Kier alpha value is -0.0700. The van der Waals surface area contributed by atoms with Crippen LogP contribution < -0.4 is 34.3 Å². The molecule has 1 aromatic rings. The predicted molar refractivity (Wildman–Crippen MR) is 111 cm³/mol. The summed E-state index contributed by atoms with van der Waals surface area (Å²) in [5, 5.41) is 0. The monoisotopic (exact) mass is 420 g/mol. The molecule has 156 valence electrons. The third-order valence-corrected chi connectivity index (χ3v) is 5.51. The van der Waals surface area contributed by atoms with E-state index in [2.05, 4.69) is 32.0 Å². The summed E-state index contributed by atoms with van der Waals surface area (Å²) in [6.45, 7) is 4.89. The number of benzene rings is 1. The summed E-state index contributed by atoms with van der Waals surface area (Å²) in [7, 11) is -4.12. The van der Waals surface area contributed by atoms with E-state index in [4.69, 9.17) is 4.74 Å². The smallest absolute Gasteiger partial charge is 0.748 e. The first-order valence-electron chi connectivity index (χ1n) is 10.6. The van der Waals surface area contributed by atoms with Gasteiger partial charge in [-0.1, -0.05) is 58.4 Å². The van der Waals surface area contributed by atoms with E-state index >= 15 is 0 Å². The van der Waals surface area contributed by atoms with Crippen LogP contribution in [0.5, 0.6) is 5.75 Å². The third kappa shape index (κ3) is 14.9. The minimum atomic E-state index is -4.12. The number of aryl methyl sites for hydroxylation is 2. The molecule has 0 N–H and O–H groups in total. The molecule has 0 atom stereocenters. The number of hydrogen-bond donors (Lipinski definition) is 0. The van der Waals surface area contributed by atoms with Crippen LogP contribution in [0.2, 0.25) is 0 Å². The molecule has 0 amide bonds. The van der Waals surface area contributed by atoms with Gasteiger partial charge in [0.05, 0.1) is 16.7 Å². The van der Waals surface area contributed by atoms with Crippen LogP contribution in [0.25, 0.3) is 0 Å². The van der Waals surface area contributed by atoms with E-state index in [1.807, 2.05) is 0 Å². The van der Waals surface area contributed by atoms with E-state index < -0.39 is 10.1 Å². The predicted octanol–water partition coefficient (Wildman–Crippen LogP) is 2.64.